The Hall–Kier alpha value is -1.66. The van der Waals surface area contributed by atoms with E-state index in [1.165, 1.54) is 19.1 Å². The lowest BCUT2D eigenvalue weighted by Gasteiger charge is -2.17. The second-order valence-electron chi connectivity index (χ2n) is 4.74. The van der Waals surface area contributed by atoms with Gasteiger partial charge in [-0.3, -0.25) is 0 Å². The molecule has 1 rings (SSSR count). The van der Waals surface area contributed by atoms with Crippen molar-refractivity contribution in [2.24, 2.45) is 0 Å². The fraction of sp³-hybridized carbons (Fsp3) is 0.571. The number of carbonyl (C=O) groups is 2. The van der Waals surface area contributed by atoms with Gasteiger partial charge in [0.25, 0.3) is 0 Å². The molecular formula is C14H20O6. The minimum Gasteiger partial charge on any atom is -0.460 e. The number of aliphatic hydroxyl groups is 2. The van der Waals surface area contributed by atoms with Gasteiger partial charge in [0, 0.05) is 12.2 Å². The number of cyclic esters (lactones) is 2. The first-order valence-corrected chi connectivity index (χ1v) is 6.52. The van der Waals surface area contributed by atoms with E-state index < -0.39 is 30.3 Å². The average Bonchev–Trinajstić information content (AvgIpc) is 2.39. The van der Waals surface area contributed by atoms with Gasteiger partial charge in [0.2, 0.25) is 0 Å². The van der Waals surface area contributed by atoms with Crippen molar-refractivity contribution in [1.29, 1.82) is 0 Å². The first-order chi connectivity index (χ1) is 9.38. The molecule has 0 aromatic heterocycles. The third-order valence-corrected chi connectivity index (χ3v) is 2.85. The normalized spacial score (nSPS) is 33.2. The van der Waals surface area contributed by atoms with Crippen molar-refractivity contribution in [3.05, 3.63) is 24.3 Å². The van der Waals surface area contributed by atoms with Crippen LogP contribution in [0.4, 0.5) is 0 Å². The van der Waals surface area contributed by atoms with E-state index in [0.29, 0.717) is 12.8 Å². The lowest BCUT2D eigenvalue weighted by molar-refractivity contribution is -0.146. The topological polar surface area (TPSA) is 93.1 Å². The van der Waals surface area contributed by atoms with Crippen molar-refractivity contribution in [2.75, 3.05) is 0 Å². The fourth-order valence-corrected chi connectivity index (χ4v) is 1.61. The zero-order valence-electron chi connectivity index (χ0n) is 11.6. The zero-order valence-corrected chi connectivity index (χ0v) is 11.6. The molecule has 0 spiro atoms. The quantitative estimate of drug-likeness (QED) is 0.628. The van der Waals surface area contributed by atoms with Gasteiger partial charge in [-0.2, -0.15) is 0 Å². The summed E-state index contributed by atoms with van der Waals surface area (Å²) in [5.74, 6) is -1.24. The van der Waals surface area contributed by atoms with E-state index in [1.54, 1.807) is 6.92 Å². The molecule has 1 aliphatic heterocycles. The van der Waals surface area contributed by atoms with Gasteiger partial charge in [0.1, 0.15) is 12.2 Å². The molecule has 0 fully saturated rings. The fourth-order valence-electron chi connectivity index (χ4n) is 1.61. The van der Waals surface area contributed by atoms with E-state index >= 15 is 0 Å². The highest BCUT2D eigenvalue weighted by atomic mass is 16.6. The molecule has 0 saturated carbocycles. The molecule has 20 heavy (non-hydrogen) atoms. The van der Waals surface area contributed by atoms with Crippen LogP contribution in [0.15, 0.2) is 24.3 Å². The molecule has 0 aromatic carbocycles. The Morgan fingerprint density at radius 1 is 1.00 bits per heavy atom. The van der Waals surface area contributed by atoms with Gasteiger partial charge >= 0.3 is 11.9 Å². The van der Waals surface area contributed by atoms with Crippen LogP contribution in [0.3, 0.4) is 0 Å². The van der Waals surface area contributed by atoms with Crippen LogP contribution in [0, 0.1) is 0 Å². The molecule has 1 aliphatic rings. The maximum atomic E-state index is 11.5. The van der Waals surface area contributed by atoms with Gasteiger partial charge in [-0.25, -0.2) is 9.59 Å². The summed E-state index contributed by atoms with van der Waals surface area (Å²) in [7, 11) is 0. The van der Waals surface area contributed by atoms with E-state index in [9.17, 15) is 19.8 Å². The van der Waals surface area contributed by atoms with E-state index in [0.717, 1.165) is 12.2 Å². The Morgan fingerprint density at radius 3 is 2.30 bits per heavy atom. The highest BCUT2D eigenvalue weighted by Gasteiger charge is 2.17. The molecule has 0 aromatic rings. The van der Waals surface area contributed by atoms with Crippen LogP contribution in [0.5, 0.6) is 0 Å². The lowest BCUT2D eigenvalue weighted by atomic mass is 10.1. The van der Waals surface area contributed by atoms with Crippen molar-refractivity contribution in [3.8, 4) is 0 Å². The zero-order chi connectivity index (χ0) is 15.1. The van der Waals surface area contributed by atoms with Gasteiger partial charge in [-0.15, -0.1) is 0 Å². The monoisotopic (exact) mass is 284 g/mol. The summed E-state index contributed by atoms with van der Waals surface area (Å²) in [5, 5.41) is 19.3. The van der Waals surface area contributed by atoms with Crippen molar-refractivity contribution < 1.29 is 29.3 Å². The maximum Gasteiger partial charge on any atom is 0.330 e. The summed E-state index contributed by atoms with van der Waals surface area (Å²) < 4.78 is 9.99. The molecule has 0 bridgehead atoms. The Kier molecular flexibility index (Phi) is 6.41. The SMILES string of the molecule is C[C@@H]1CC[C@H](O)C=CC(=O)O[C@@H](C)[C@H](O)C=CC(=O)O1. The second kappa shape index (κ2) is 7.81. The van der Waals surface area contributed by atoms with Gasteiger partial charge in [-0.05, 0) is 38.8 Å². The number of ether oxygens (including phenoxy) is 2. The van der Waals surface area contributed by atoms with Crippen molar-refractivity contribution in [2.45, 2.75) is 51.1 Å². The largest absolute Gasteiger partial charge is 0.460 e. The van der Waals surface area contributed by atoms with E-state index in [1.807, 2.05) is 0 Å². The highest BCUT2D eigenvalue weighted by Crippen LogP contribution is 2.09. The van der Waals surface area contributed by atoms with E-state index in [2.05, 4.69) is 0 Å². The van der Waals surface area contributed by atoms with Crippen LogP contribution >= 0.6 is 0 Å². The second-order valence-corrected chi connectivity index (χ2v) is 4.74. The molecular weight excluding hydrogens is 264 g/mol. The molecule has 0 radical (unpaired) electrons. The minimum atomic E-state index is -1.11. The third-order valence-electron chi connectivity index (χ3n) is 2.85. The number of aliphatic hydroxyl groups excluding tert-OH is 2. The van der Waals surface area contributed by atoms with Gasteiger partial charge < -0.3 is 19.7 Å². The summed E-state index contributed by atoms with van der Waals surface area (Å²) in [6, 6.07) is 0. The van der Waals surface area contributed by atoms with Crippen LogP contribution < -0.4 is 0 Å². The number of esters is 2. The molecule has 6 heteroatoms. The smallest absolute Gasteiger partial charge is 0.330 e. The lowest BCUT2D eigenvalue weighted by Crippen LogP contribution is -2.27. The predicted molar refractivity (Wildman–Crippen MR) is 70.6 cm³/mol. The van der Waals surface area contributed by atoms with Crippen LogP contribution in [0.2, 0.25) is 0 Å². The molecule has 112 valence electrons. The molecule has 0 saturated heterocycles. The van der Waals surface area contributed by atoms with Crippen LogP contribution in [-0.2, 0) is 19.1 Å². The van der Waals surface area contributed by atoms with E-state index in [-0.39, 0.29) is 6.10 Å². The van der Waals surface area contributed by atoms with E-state index in [4.69, 9.17) is 9.47 Å². The first-order valence-electron chi connectivity index (χ1n) is 6.52. The first kappa shape index (κ1) is 16.4. The summed E-state index contributed by atoms with van der Waals surface area (Å²) >= 11 is 0. The highest BCUT2D eigenvalue weighted by molar-refractivity contribution is 5.83. The predicted octanol–water partition coefficient (Wildman–Crippen LogP) is 0.478. The van der Waals surface area contributed by atoms with Crippen molar-refractivity contribution in [1.82, 2.24) is 0 Å². The summed E-state index contributed by atoms with van der Waals surface area (Å²) in [6.45, 7) is 3.21. The third kappa shape index (κ3) is 5.99. The van der Waals surface area contributed by atoms with Crippen molar-refractivity contribution >= 4 is 11.9 Å². The maximum absolute atomic E-state index is 11.5. The Balaban J connectivity index is 2.79. The molecule has 0 unspecified atom stereocenters. The Labute approximate surface area is 117 Å². The number of hydrogen-bond donors (Lipinski definition) is 2. The van der Waals surface area contributed by atoms with Gasteiger partial charge in [0.05, 0.1) is 12.2 Å². The standard InChI is InChI=1S/C14H20O6/c1-9-3-4-11(15)5-7-14(18)20-10(2)12(16)6-8-13(17)19-9/h5-12,15-16H,3-4H2,1-2H3/t9-,10+,11+,12-/m1/s1. The number of rotatable bonds is 0. The molecule has 2 N–H and O–H groups in total. The summed E-state index contributed by atoms with van der Waals surface area (Å²) in [5.41, 5.74) is 0. The van der Waals surface area contributed by atoms with Crippen LogP contribution in [-0.4, -0.2) is 46.6 Å². The van der Waals surface area contributed by atoms with Crippen LogP contribution in [0.1, 0.15) is 26.7 Å². The Morgan fingerprint density at radius 2 is 1.60 bits per heavy atom. The van der Waals surface area contributed by atoms with Gasteiger partial charge in [0.15, 0.2) is 0 Å². The Bertz CT molecular complexity index is 400. The minimum absolute atomic E-state index is 0.361. The molecule has 6 nitrogen and oxygen atoms in total. The molecule has 0 aliphatic carbocycles. The summed E-state index contributed by atoms with van der Waals surface area (Å²) in [6.07, 6.45) is 2.48. The van der Waals surface area contributed by atoms with Crippen molar-refractivity contribution in [3.63, 3.8) is 0 Å². The average molecular weight is 284 g/mol. The molecule has 0 amide bonds. The molecule has 4 atom stereocenters. The number of carbonyl (C=O) groups excluding carboxylic acids is 2. The number of hydrogen-bond acceptors (Lipinski definition) is 6. The summed E-state index contributed by atoms with van der Waals surface area (Å²) in [4.78, 5) is 22.9. The van der Waals surface area contributed by atoms with Crippen LogP contribution in [0.25, 0.3) is 0 Å². The molecule has 1 heterocycles. The van der Waals surface area contributed by atoms with Gasteiger partial charge in [-0.1, -0.05) is 0 Å².